The Hall–Kier alpha value is -2.76. The first-order valence-electron chi connectivity index (χ1n) is 8.01. The average Bonchev–Trinajstić information content (AvgIpc) is 2.65. The molecule has 0 saturated heterocycles. The zero-order chi connectivity index (χ0) is 17.5. The lowest BCUT2D eigenvalue weighted by atomic mass is 10.2. The van der Waals surface area contributed by atoms with Crippen LogP contribution >= 0.6 is 0 Å². The SMILES string of the molecule is CO[Si](Cc1ccccc1)(Oc1ccccc1)Oc1ccccc1O. The van der Waals surface area contributed by atoms with Crippen molar-refractivity contribution < 1.29 is 18.4 Å². The Balaban J connectivity index is 1.94. The molecular weight excluding hydrogens is 332 g/mol. The van der Waals surface area contributed by atoms with E-state index < -0.39 is 8.80 Å². The first-order valence-corrected chi connectivity index (χ1v) is 9.94. The van der Waals surface area contributed by atoms with Gasteiger partial charge in [0.1, 0.15) is 11.5 Å². The van der Waals surface area contributed by atoms with Crippen LogP contribution in [0.1, 0.15) is 5.56 Å². The van der Waals surface area contributed by atoms with Crippen molar-refractivity contribution in [1.29, 1.82) is 0 Å². The van der Waals surface area contributed by atoms with Crippen LogP contribution in [-0.2, 0) is 10.5 Å². The van der Waals surface area contributed by atoms with E-state index in [2.05, 4.69) is 0 Å². The van der Waals surface area contributed by atoms with Crippen molar-refractivity contribution >= 4 is 8.80 Å². The summed E-state index contributed by atoms with van der Waals surface area (Å²) in [6, 6.07) is 26.6. The minimum atomic E-state index is -3.18. The maximum absolute atomic E-state index is 10.1. The molecule has 0 amide bonds. The number of rotatable bonds is 7. The number of benzene rings is 3. The molecule has 0 saturated carbocycles. The standard InChI is InChI=1S/C20H20O4Si/c1-22-25(16-17-10-4-2-5-11-17,23-18-12-6-3-7-13-18)24-20-15-9-8-14-19(20)21/h2-15,21H,16H2,1H3. The van der Waals surface area contributed by atoms with E-state index in [0.717, 1.165) is 5.56 Å². The molecule has 1 N–H and O–H groups in total. The second kappa shape index (κ2) is 7.87. The smallest absolute Gasteiger partial charge is 0.504 e. The average molecular weight is 352 g/mol. The van der Waals surface area contributed by atoms with Gasteiger partial charge in [0, 0.05) is 7.11 Å². The van der Waals surface area contributed by atoms with Crippen LogP contribution in [0.3, 0.4) is 0 Å². The number of hydrogen-bond acceptors (Lipinski definition) is 4. The Morgan fingerprint density at radius 1 is 0.760 bits per heavy atom. The third kappa shape index (κ3) is 4.41. The van der Waals surface area contributed by atoms with Gasteiger partial charge in [0.15, 0.2) is 5.75 Å². The first kappa shape index (κ1) is 17.1. The van der Waals surface area contributed by atoms with E-state index in [1.807, 2.05) is 60.7 Å². The molecule has 1 atom stereocenters. The number of aromatic hydroxyl groups is 1. The molecule has 3 aromatic rings. The molecule has 0 aromatic heterocycles. The summed E-state index contributed by atoms with van der Waals surface area (Å²) in [5.74, 6) is 1.08. The molecule has 0 fully saturated rings. The minimum absolute atomic E-state index is 0.0566. The Kier molecular flexibility index (Phi) is 5.38. The van der Waals surface area contributed by atoms with Crippen molar-refractivity contribution in [2.75, 3.05) is 7.11 Å². The van der Waals surface area contributed by atoms with Gasteiger partial charge in [0.25, 0.3) is 0 Å². The Morgan fingerprint density at radius 2 is 1.36 bits per heavy atom. The number of hydrogen-bond donors (Lipinski definition) is 1. The van der Waals surface area contributed by atoms with Gasteiger partial charge in [-0.25, -0.2) is 0 Å². The van der Waals surface area contributed by atoms with Crippen molar-refractivity contribution in [1.82, 2.24) is 0 Å². The van der Waals surface area contributed by atoms with E-state index in [1.54, 1.807) is 31.4 Å². The van der Waals surface area contributed by atoms with Crippen LogP contribution in [0.5, 0.6) is 17.2 Å². The zero-order valence-electron chi connectivity index (χ0n) is 14.0. The van der Waals surface area contributed by atoms with Gasteiger partial charge in [-0.05, 0) is 29.8 Å². The molecule has 25 heavy (non-hydrogen) atoms. The molecule has 3 rings (SSSR count). The fourth-order valence-corrected chi connectivity index (χ4v) is 4.71. The minimum Gasteiger partial charge on any atom is -0.504 e. The first-order chi connectivity index (χ1) is 12.2. The Labute approximate surface area is 148 Å². The topological polar surface area (TPSA) is 47.9 Å². The van der Waals surface area contributed by atoms with Crippen LogP contribution in [0, 0.1) is 0 Å². The van der Waals surface area contributed by atoms with E-state index in [4.69, 9.17) is 13.3 Å². The molecule has 0 aliphatic heterocycles. The van der Waals surface area contributed by atoms with Crippen LogP contribution in [0.25, 0.3) is 0 Å². The van der Waals surface area contributed by atoms with Crippen LogP contribution < -0.4 is 8.85 Å². The summed E-state index contributed by atoms with van der Waals surface area (Å²) in [5.41, 5.74) is 1.04. The van der Waals surface area contributed by atoms with Crippen LogP contribution in [0.2, 0.25) is 0 Å². The van der Waals surface area contributed by atoms with Gasteiger partial charge in [-0.2, -0.15) is 0 Å². The molecule has 0 spiro atoms. The summed E-state index contributed by atoms with van der Waals surface area (Å²) in [6.07, 6.45) is 0. The van der Waals surface area contributed by atoms with Gasteiger partial charge >= 0.3 is 8.80 Å². The van der Waals surface area contributed by atoms with Crippen molar-refractivity contribution in [2.45, 2.75) is 6.04 Å². The van der Waals surface area contributed by atoms with Crippen molar-refractivity contribution in [3.05, 3.63) is 90.5 Å². The van der Waals surface area contributed by atoms with Crippen LogP contribution in [-0.4, -0.2) is 21.0 Å². The van der Waals surface area contributed by atoms with Gasteiger partial charge in [-0.1, -0.05) is 60.7 Å². The molecule has 4 nitrogen and oxygen atoms in total. The fourth-order valence-electron chi connectivity index (χ4n) is 2.47. The van der Waals surface area contributed by atoms with E-state index in [-0.39, 0.29) is 5.75 Å². The van der Waals surface area contributed by atoms with Crippen LogP contribution in [0.15, 0.2) is 84.9 Å². The Bertz CT molecular complexity index is 752. The molecular formula is C20H20O4Si. The van der Waals surface area contributed by atoms with E-state index in [1.165, 1.54) is 0 Å². The van der Waals surface area contributed by atoms with Crippen molar-refractivity contribution in [3.63, 3.8) is 0 Å². The molecule has 0 heterocycles. The van der Waals surface area contributed by atoms with E-state index >= 15 is 0 Å². The molecule has 0 bridgehead atoms. The van der Waals surface area contributed by atoms with Crippen LogP contribution in [0.4, 0.5) is 0 Å². The maximum atomic E-state index is 10.1. The summed E-state index contributed by atoms with van der Waals surface area (Å²) in [6.45, 7) is 0. The zero-order valence-corrected chi connectivity index (χ0v) is 15.0. The normalized spacial score (nSPS) is 13.0. The Morgan fingerprint density at radius 3 is 2.00 bits per heavy atom. The summed E-state index contributed by atoms with van der Waals surface area (Å²) in [7, 11) is -1.60. The van der Waals surface area contributed by atoms with Gasteiger partial charge < -0.3 is 18.4 Å². The highest BCUT2D eigenvalue weighted by atomic mass is 28.4. The monoisotopic (exact) mass is 352 g/mol. The second-order valence-corrected chi connectivity index (χ2v) is 8.07. The van der Waals surface area contributed by atoms with E-state index in [0.29, 0.717) is 17.5 Å². The summed E-state index contributed by atoms with van der Waals surface area (Å²) in [5, 5.41) is 10.1. The number of phenolic OH excluding ortho intramolecular Hbond substituents is 1. The van der Waals surface area contributed by atoms with Crippen molar-refractivity contribution in [3.8, 4) is 17.2 Å². The van der Waals surface area contributed by atoms with Gasteiger partial charge in [0.05, 0.1) is 6.04 Å². The van der Waals surface area contributed by atoms with Gasteiger partial charge in [-0.3, -0.25) is 0 Å². The molecule has 0 aliphatic carbocycles. The lowest BCUT2D eigenvalue weighted by molar-refractivity contribution is 0.200. The highest BCUT2D eigenvalue weighted by Gasteiger charge is 2.46. The maximum Gasteiger partial charge on any atom is 0.636 e. The van der Waals surface area contributed by atoms with E-state index in [9.17, 15) is 5.11 Å². The second-order valence-electron chi connectivity index (χ2n) is 5.53. The molecule has 0 aliphatic rings. The van der Waals surface area contributed by atoms with Gasteiger partial charge in [-0.15, -0.1) is 0 Å². The fraction of sp³-hybridized carbons (Fsp3) is 0.100. The largest absolute Gasteiger partial charge is 0.636 e. The summed E-state index contributed by atoms with van der Waals surface area (Å²) >= 11 is 0. The molecule has 128 valence electrons. The number of para-hydroxylation sites is 3. The third-order valence-corrected chi connectivity index (χ3v) is 6.26. The molecule has 3 aromatic carbocycles. The summed E-state index contributed by atoms with van der Waals surface area (Å²) in [4.78, 5) is 0. The molecule has 0 radical (unpaired) electrons. The molecule has 1 unspecified atom stereocenters. The predicted octanol–water partition coefficient (Wildman–Crippen LogP) is 4.22. The predicted molar refractivity (Wildman–Crippen MR) is 98.7 cm³/mol. The third-order valence-electron chi connectivity index (χ3n) is 3.72. The lowest BCUT2D eigenvalue weighted by Crippen LogP contribution is -2.53. The summed E-state index contributed by atoms with van der Waals surface area (Å²) < 4.78 is 18.1. The van der Waals surface area contributed by atoms with Gasteiger partial charge in [0.2, 0.25) is 0 Å². The van der Waals surface area contributed by atoms with Crippen molar-refractivity contribution in [2.24, 2.45) is 0 Å². The number of phenols is 1. The highest BCUT2D eigenvalue weighted by molar-refractivity contribution is 6.61. The molecule has 5 heteroatoms. The lowest BCUT2D eigenvalue weighted by Gasteiger charge is -2.29. The quantitative estimate of drug-likeness (QED) is 0.647. The highest BCUT2D eigenvalue weighted by Crippen LogP contribution is 2.30.